The van der Waals surface area contributed by atoms with Gasteiger partial charge in [-0.25, -0.2) is 0 Å². The topological polar surface area (TPSA) is 17.8 Å². The molecule has 0 radical (unpaired) electrons. The molecule has 0 atom stereocenters. The van der Waals surface area contributed by atoms with Crippen molar-refractivity contribution in [1.29, 1.82) is 0 Å². The third-order valence-corrected chi connectivity index (χ3v) is 4.53. The van der Waals surface area contributed by atoms with E-state index in [-0.39, 0.29) is 0 Å². The van der Waals surface area contributed by atoms with E-state index in [2.05, 4.69) is 84.9 Å². The lowest BCUT2D eigenvalue weighted by Gasteiger charge is -2.13. The molecule has 2 heterocycles. The summed E-state index contributed by atoms with van der Waals surface area (Å²) in [5, 5.41) is 2.63. The summed E-state index contributed by atoms with van der Waals surface area (Å²) in [5.74, 6) is 0.586. The lowest BCUT2D eigenvalue weighted by molar-refractivity contribution is 0.545. The Morgan fingerprint density at radius 1 is 0.917 bits per heavy atom. The van der Waals surface area contributed by atoms with Gasteiger partial charge in [0.1, 0.15) is 0 Å². The summed E-state index contributed by atoms with van der Waals surface area (Å²) in [6, 6.07) is 19.5. The molecule has 0 aliphatic carbocycles. The largest absolute Gasteiger partial charge is 0.340 e. The number of aromatic nitrogens is 2. The van der Waals surface area contributed by atoms with Crippen molar-refractivity contribution in [2.75, 3.05) is 0 Å². The van der Waals surface area contributed by atoms with Gasteiger partial charge < -0.3 is 4.57 Å². The third kappa shape index (κ3) is 2.39. The van der Waals surface area contributed by atoms with Crippen LogP contribution in [0.3, 0.4) is 0 Å². The molecular formula is C22H22N2. The molecule has 2 aromatic heterocycles. The van der Waals surface area contributed by atoms with Crippen LogP contribution >= 0.6 is 0 Å². The number of hydrogen-bond donors (Lipinski definition) is 0. The molecule has 120 valence electrons. The van der Waals surface area contributed by atoms with Crippen LogP contribution in [-0.4, -0.2) is 9.55 Å². The van der Waals surface area contributed by atoms with Gasteiger partial charge >= 0.3 is 0 Å². The molecule has 0 bridgehead atoms. The van der Waals surface area contributed by atoms with Crippen LogP contribution in [0.25, 0.3) is 33.1 Å². The number of benzene rings is 2. The Morgan fingerprint density at radius 2 is 1.71 bits per heavy atom. The Balaban J connectivity index is 2.10. The van der Waals surface area contributed by atoms with E-state index in [0.29, 0.717) is 5.92 Å². The van der Waals surface area contributed by atoms with Gasteiger partial charge in [0.2, 0.25) is 0 Å². The van der Waals surface area contributed by atoms with E-state index in [1.165, 1.54) is 32.9 Å². The number of para-hydroxylation sites is 2. The fraction of sp³-hybridized carbons (Fsp3) is 0.227. The molecule has 0 N–H and O–H groups in total. The predicted molar refractivity (Wildman–Crippen MR) is 102 cm³/mol. The van der Waals surface area contributed by atoms with Crippen molar-refractivity contribution < 1.29 is 0 Å². The van der Waals surface area contributed by atoms with Gasteiger partial charge in [-0.05, 0) is 30.5 Å². The number of hydrogen-bond acceptors (Lipinski definition) is 1. The maximum absolute atomic E-state index is 4.68. The number of fused-ring (bicyclic) bond motifs is 3. The zero-order valence-corrected chi connectivity index (χ0v) is 14.5. The molecule has 4 aromatic rings. The second kappa shape index (κ2) is 5.79. The molecule has 0 saturated heterocycles. The first-order valence-electron chi connectivity index (χ1n) is 8.58. The first-order valence-corrected chi connectivity index (χ1v) is 8.58. The van der Waals surface area contributed by atoms with E-state index in [1.54, 1.807) is 0 Å². The third-order valence-electron chi connectivity index (χ3n) is 4.53. The molecule has 0 fully saturated rings. The smallest absolute Gasteiger partial charge is 0.0723 e. The predicted octanol–water partition coefficient (Wildman–Crippen LogP) is 5.82. The normalized spacial score (nSPS) is 11.7. The Hall–Kier alpha value is -2.61. The second-order valence-corrected chi connectivity index (χ2v) is 6.94. The van der Waals surface area contributed by atoms with Crippen LogP contribution in [0.2, 0.25) is 0 Å². The molecule has 0 aliphatic rings. The summed E-state index contributed by atoms with van der Waals surface area (Å²) in [7, 11) is 0. The zero-order valence-electron chi connectivity index (χ0n) is 14.5. The fourth-order valence-corrected chi connectivity index (χ4v) is 3.50. The molecule has 0 spiro atoms. The van der Waals surface area contributed by atoms with Gasteiger partial charge in [0.15, 0.2) is 0 Å². The van der Waals surface area contributed by atoms with Crippen LogP contribution < -0.4 is 0 Å². The van der Waals surface area contributed by atoms with Crippen LogP contribution in [0.1, 0.15) is 19.4 Å². The molecule has 2 nitrogen and oxygen atoms in total. The molecule has 4 rings (SSSR count). The Bertz CT molecular complexity index is 1010. The van der Waals surface area contributed by atoms with Crippen LogP contribution in [0.5, 0.6) is 0 Å². The van der Waals surface area contributed by atoms with Crippen molar-refractivity contribution in [3.05, 3.63) is 66.4 Å². The molecular weight excluding hydrogens is 292 g/mol. The van der Waals surface area contributed by atoms with E-state index in [4.69, 9.17) is 0 Å². The fourth-order valence-electron chi connectivity index (χ4n) is 3.50. The van der Waals surface area contributed by atoms with E-state index in [0.717, 1.165) is 12.2 Å². The number of pyridine rings is 1. The monoisotopic (exact) mass is 314 g/mol. The van der Waals surface area contributed by atoms with Gasteiger partial charge in [0.25, 0.3) is 0 Å². The summed E-state index contributed by atoms with van der Waals surface area (Å²) in [4.78, 5) is 4.68. The lowest BCUT2D eigenvalue weighted by Crippen LogP contribution is -2.04. The highest BCUT2D eigenvalue weighted by Crippen LogP contribution is 2.35. The van der Waals surface area contributed by atoms with Crippen LogP contribution in [-0.2, 0) is 6.54 Å². The highest BCUT2D eigenvalue weighted by atomic mass is 15.0. The first kappa shape index (κ1) is 14.9. The number of rotatable bonds is 3. The maximum atomic E-state index is 4.68. The van der Waals surface area contributed by atoms with Gasteiger partial charge in [-0.2, -0.15) is 0 Å². The maximum Gasteiger partial charge on any atom is 0.0723 e. The van der Waals surface area contributed by atoms with Crippen LogP contribution in [0.15, 0.2) is 60.8 Å². The van der Waals surface area contributed by atoms with Crippen molar-refractivity contribution in [2.24, 2.45) is 5.92 Å². The van der Waals surface area contributed by atoms with Crippen molar-refractivity contribution in [3.8, 4) is 11.3 Å². The summed E-state index contributed by atoms with van der Waals surface area (Å²) in [6.45, 7) is 7.63. The Kier molecular flexibility index (Phi) is 3.61. The minimum absolute atomic E-state index is 0.586. The van der Waals surface area contributed by atoms with Crippen molar-refractivity contribution in [1.82, 2.24) is 9.55 Å². The molecule has 2 aromatic carbocycles. The van der Waals surface area contributed by atoms with Crippen LogP contribution in [0, 0.1) is 12.8 Å². The highest BCUT2D eigenvalue weighted by molar-refractivity contribution is 6.12. The van der Waals surface area contributed by atoms with Crippen molar-refractivity contribution >= 4 is 21.8 Å². The molecule has 24 heavy (non-hydrogen) atoms. The van der Waals surface area contributed by atoms with E-state index < -0.39 is 0 Å². The lowest BCUT2D eigenvalue weighted by atomic mass is 10.1. The minimum Gasteiger partial charge on any atom is -0.340 e. The first-order chi connectivity index (χ1) is 11.6. The second-order valence-electron chi connectivity index (χ2n) is 6.94. The average Bonchev–Trinajstić information content (AvgIpc) is 2.90. The molecule has 2 heteroatoms. The van der Waals surface area contributed by atoms with Gasteiger partial charge in [-0.1, -0.05) is 56.3 Å². The SMILES string of the molecule is Cc1ccc(-c2cccc3c4ccccc4n(CC(C)C)c23)nc1. The van der Waals surface area contributed by atoms with Gasteiger partial charge in [-0.15, -0.1) is 0 Å². The molecule has 0 saturated carbocycles. The quantitative estimate of drug-likeness (QED) is 0.466. The minimum atomic E-state index is 0.586. The van der Waals surface area contributed by atoms with E-state index in [1.807, 2.05) is 6.20 Å². The summed E-state index contributed by atoms with van der Waals surface area (Å²) >= 11 is 0. The average molecular weight is 314 g/mol. The molecule has 0 aliphatic heterocycles. The summed E-state index contributed by atoms with van der Waals surface area (Å²) in [6.07, 6.45) is 1.95. The number of aryl methyl sites for hydroxylation is 1. The van der Waals surface area contributed by atoms with Crippen molar-refractivity contribution in [2.45, 2.75) is 27.3 Å². The standard InChI is InChI=1S/C22H22N2/c1-15(2)14-24-21-10-5-4-7-17(21)18-8-6-9-19(22(18)24)20-12-11-16(3)13-23-20/h4-13,15H,14H2,1-3H3. The van der Waals surface area contributed by atoms with Crippen LogP contribution in [0.4, 0.5) is 0 Å². The van der Waals surface area contributed by atoms with Gasteiger partial charge in [-0.3, -0.25) is 4.98 Å². The zero-order chi connectivity index (χ0) is 16.7. The van der Waals surface area contributed by atoms with E-state index >= 15 is 0 Å². The molecule has 0 amide bonds. The number of nitrogens with zero attached hydrogens (tertiary/aromatic N) is 2. The molecule has 0 unspecified atom stereocenters. The van der Waals surface area contributed by atoms with Gasteiger partial charge in [0, 0.05) is 34.6 Å². The Morgan fingerprint density at radius 3 is 2.46 bits per heavy atom. The van der Waals surface area contributed by atoms with E-state index in [9.17, 15) is 0 Å². The van der Waals surface area contributed by atoms with Gasteiger partial charge in [0.05, 0.1) is 11.2 Å². The summed E-state index contributed by atoms with van der Waals surface area (Å²) < 4.78 is 2.46. The summed E-state index contributed by atoms with van der Waals surface area (Å²) in [5.41, 5.74) is 6.04. The Labute approximate surface area is 142 Å². The van der Waals surface area contributed by atoms with Crippen molar-refractivity contribution in [3.63, 3.8) is 0 Å². The highest BCUT2D eigenvalue weighted by Gasteiger charge is 2.15.